The summed E-state index contributed by atoms with van der Waals surface area (Å²) in [5.41, 5.74) is 3.79. The van der Waals surface area contributed by atoms with E-state index in [9.17, 15) is 9.90 Å². The van der Waals surface area contributed by atoms with Crippen LogP contribution in [0.4, 0.5) is 5.69 Å². The van der Waals surface area contributed by atoms with Crippen LogP contribution < -0.4 is 39.7 Å². The number of carbonyl (C=O) groups excluding carboxylic acids is 1. The summed E-state index contributed by atoms with van der Waals surface area (Å²) >= 11 is 6.09. The molecule has 4 rings (SSSR count). The van der Waals surface area contributed by atoms with Gasteiger partial charge in [0.05, 0.1) is 29.8 Å². The number of hydrogen-bond acceptors (Lipinski definition) is 5. The minimum absolute atomic E-state index is 0. The van der Waals surface area contributed by atoms with Crippen LogP contribution in [0.15, 0.2) is 54.7 Å². The molecule has 126 valence electrons. The van der Waals surface area contributed by atoms with E-state index in [1.165, 1.54) is 0 Å². The van der Waals surface area contributed by atoms with E-state index in [4.69, 9.17) is 11.6 Å². The Morgan fingerprint density at radius 3 is 2.73 bits per heavy atom. The van der Waals surface area contributed by atoms with Gasteiger partial charge in [-0.15, -0.1) is 0 Å². The standard InChI is InChI=1S/C19H16ClN3O2.Na/c1-22-19(14-8-9-21-16-10-12(20)6-7-13(14)16)15-4-2-3-5-17(15)23(22)11-18(24)25;/h2-10,19H,11H2,1H3,(H,24,25);/q;+1/p-1. The summed E-state index contributed by atoms with van der Waals surface area (Å²) in [6, 6.07) is 15.3. The Morgan fingerprint density at radius 1 is 1.19 bits per heavy atom. The first-order chi connectivity index (χ1) is 12.1. The molecule has 26 heavy (non-hydrogen) atoms. The molecule has 2 heterocycles. The number of aliphatic carboxylic acids is 1. The Hall–Kier alpha value is -1.63. The topological polar surface area (TPSA) is 59.5 Å². The molecule has 1 atom stereocenters. The summed E-state index contributed by atoms with van der Waals surface area (Å²) in [7, 11) is 1.88. The van der Waals surface area contributed by atoms with Crippen molar-refractivity contribution in [2.75, 3.05) is 18.6 Å². The van der Waals surface area contributed by atoms with Gasteiger partial charge in [-0.2, -0.15) is 0 Å². The third kappa shape index (κ3) is 3.21. The predicted molar refractivity (Wildman–Crippen MR) is 95.2 cm³/mol. The number of hydrazine groups is 1. The number of fused-ring (bicyclic) bond motifs is 2. The maximum absolute atomic E-state index is 11.2. The van der Waals surface area contributed by atoms with E-state index >= 15 is 0 Å². The molecule has 5 nitrogen and oxygen atoms in total. The van der Waals surface area contributed by atoms with Crippen LogP contribution in [-0.4, -0.2) is 29.6 Å². The summed E-state index contributed by atoms with van der Waals surface area (Å²) in [6.45, 7) is -0.196. The van der Waals surface area contributed by atoms with Gasteiger partial charge in [0.15, 0.2) is 0 Å². The van der Waals surface area contributed by atoms with Gasteiger partial charge < -0.3 is 9.90 Å². The second-order valence-electron chi connectivity index (χ2n) is 6.03. The minimum atomic E-state index is -1.12. The van der Waals surface area contributed by atoms with Crippen molar-refractivity contribution >= 4 is 34.2 Å². The van der Waals surface area contributed by atoms with Gasteiger partial charge in [-0.1, -0.05) is 35.9 Å². The van der Waals surface area contributed by atoms with Crippen molar-refractivity contribution in [3.63, 3.8) is 0 Å². The molecule has 3 aromatic rings. The summed E-state index contributed by atoms with van der Waals surface area (Å²) in [5, 5.41) is 16.5. The molecule has 0 spiro atoms. The first-order valence-electron chi connectivity index (χ1n) is 7.89. The van der Waals surface area contributed by atoms with Gasteiger partial charge in [0.1, 0.15) is 0 Å². The number of pyridine rings is 1. The zero-order valence-electron chi connectivity index (χ0n) is 14.5. The fourth-order valence-electron chi connectivity index (χ4n) is 3.53. The van der Waals surface area contributed by atoms with E-state index in [1.807, 2.05) is 60.6 Å². The number of carboxylic acid groups (broad SMARTS) is 1. The van der Waals surface area contributed by atoms with Crippen molar-refractivity contribution in [1.29, 1.82) is 0 Å². The molecule has 0 N–H and O–H groups in total. The van der Waals surface area contributed by atoms with Gasteiger partial charge in [0.2, 0.25) is 0 Å². The normalized spacial score (nSPS) is 16.4. The minimum Gasteiger partial charge on any atom is -0.548 e. The number of carboxylic acids is 1. The first-order valence-corrected chi connectivity index (χ1v) is 8.27. The smallest absolute Gasteiger partial charge is 0.548 e. The van der Waals surface area contributed by atoms with Crippen LogP contribution in [0, 0.1) is 0 Å². The monoisotopic (exact) mass is 375 g/mol. The molecule has 0 fully saturated rings. The molecule has 0 bridgehead atoms. The molecule has 2 aromatic carbocycles. The molecule has 1 unspecified atom stereocenters. The number of rotatable bonds is 3. The van der Waals surface area contributed by atoms with Crippen molar-refractivity contribution in [2.24, 2.45) is 0 Å². The Labute approximate surface area is 178 Å². The van der Waals surface area contributed by atoms with E-state index in [0.29, 0.717) is 5.02 Å². The Bertz CT molecular complexity index is 982. The third-order valence-corrected chi connectivity index (χ3v) is 4.81. The van der Waals surface area contributed by atoms with Crippen molar-refractivity contribution in [1.82, 2.24) is 9.99 Å². The number of para-hydroxylation sites is 1. The molecular weight excluding hydrogens is 361 g/mol. The quantitative estimate of drug-likeness (QED) is 0.572. The zero-order chi connectivity index (χ0) is 17.6. The molecular formula is C19H15ClN3NaO2. The fourth-order valence-corrected chi connectivity index (χ4v) is 3.70. The molecule has 1 aromatic heterocycles. The number of benzene rings is 2. The Morgan fingerprint density at radius 2 is 1.96 bits per heavy atom. The van der Waals surface area contributed by atoms with Crippen LogP contribution in [-0.2, 0) is 4.79 Å². The van der Waals surface area contributed by atoms with Gasteiger partial charge in [0.25, 0.3) is 0 Å². The van der Waals surface area contributed by atoms with E-state index in [1.54, 1.807) is 11.2 Å². The molecule has 1 aliphatic heterocycles. The number of aromatic nitrogens is 1. The van der Waals surface area contributed by atoms with Crippen LogP contribution in [0.2, 0.25) is 5.02 Å². The van der Waals surface area contributed by atoms with Crippen LogP contribution in [0.1, 0.15) is 17.2 Å². The molecule has 0 amide bonds. The summed E-state index contributed by atoms with van der Waals surface area (Å²) in [4.78, 5) is 15.6. The van der Waals surface area contributed by atoms with E-state index in [2.05, 4.69) is 4.98 Å². The number of hydrogen-bond donors (Lipinski definition) is 0. The molecule has 0 saturated heterocycles. The number of nitrogens with zero attached hydrogens (tertiary/aromatic N) is 3. The Kier molecular flexibility index (Phi) is 5.55. The van der Waals surface area contributed by atoms with E-state index in [-0.39, 0.29) is 42.1 Å². The van der Waals surface area contributed by atoms with Crippen molar-refractivity contribution in [3.8, 4) is 0 Å². The van der Waals surface area contributed by atoms with Crippen molar-refractivity contribution in [2.45, 2.75) is 6.04 Å². The van der Waals surface area contributed by atoms with Crippen molar-refractivity contribution < 1.29 is 39.5 Å². The molecule has 0 radical (unpaired) electrons. The van der Waals surface area contributed by atoms with Gasteiger partial charge in [-0.3, -0.25) is 9.99 Å². The molecule has 1 aliphatic rings. The second-order valence-corrected chi connectivity index (χ2v) is 6.46. The third-order valence-electron chi connectivity index (χ3n) is 4.58. The average molecular weight is 376 g/mol. The van der Waals surface area contributed by atoms with Gasteiger partial charge >= 0.3 is 29.6 Å². The summed E-state index contributed by atoms with van der Waals surface area (Å²) in [6.07, 6.45) is 1.76. The zero-order valence-corrected chi connectivity index (χ0v) is 17.3. The van der Waals surface area contributed by atoms with Crippen LogP contribution >= 0.6 is 11.6 Å². The number of carbonyl (C=O) groups is 1. The van der Waals surface area contributed by atoms with Crippen molar-refractivity contribution in [3.05, 3.63) is 70.9 Å². The number of halogens is 1. The van der Waals surface area contributed by atoms with Gasteiger partial charge in [0, 0.05) is 29.2 Å². The summed E-state index contributed by atoms with van der Waals surface area (Å²) in [5.74, 6) is -1.12. The van der Waals surface area contributed by atoms with Crippen LogP contribution in [0.5, 0.6) is 0 Å². The average Bonchev–Trinajstić information content (AvgIpc) is 2.86. The van der Waals surface area contributed by atoms with Gasteiger partial charge in [-0.05, 0) is 29.8 Å². The predicted octanol–water partition coefficient (Wildman–Crippen LogP) is -0.602. The Balaban J connectivity index is 0.00000196. The summed E-state index contributed by atoms with van der Waals surface area (Å²) < 4.78 is 0. The maximum Gasteiger partial charge on any atom is 1.00 e. The van der Waals surface area contributed by atoms with Crippen LogP contribution in [0.25, 0.3) is 10.9 Å². The fraction of sp³-hybridized carbons (Fsp3) is 0.158. The first kappa shape index (κ1) is 19.1. The van der Waals surface area contributed by atoms with Gasteiger partial charge in [-0.25, -0.2) is 5.01 Å². The maximum atomic E-state index is 11.2. The largest absolute Gasteiger partial charge is 1.00 e. The van der Waals surface area contributed by atoms with E-state index < -0.39 is 5.97 Å². The number of anilines is 1. The van der Waals surface area contributed by atoms with E-state index in [0.717, 1.165) is 27.7 Å². The molecule has 7 heteroatoms. The SMILES string of the molecule is CN1C(c2ccnc3cc(Cl)ccc23)c2ccccc2N1CC(=O)[O-].[Na+]. The molecule has 0 aliphatic carbocycles. The molecule has 0 saturated carbocycles. The second kappa shape index (κ2) is 7.55. The van der Waals surface area contributed by atoms with Crippen LogP contribution in [0.3, 0.4) is 0 Å².